The SMILES string of the molecule is CCC(=O)OC[C@@H](OC(=O)CC)[C@]1(CC)OCCc2c1[nH]c1c(CC)cccc21. The zero-order valence-electron chi connectivity index (χ0n) is 17.8. The van der Waals surface area contributed by atoms with Crippen LogP contribution in [0.15, 0.2) is 18.2 Å². The zero-order chi connectivity index (χ0) is 21.0. The van der Waals surface area contributed by atoms with Gasteiger partial charge in [-0.1, -0.05) is 45.9 Å². The minimum Gasteiger partial charge on any atom is -0.462 e. The summed E-state index contributed by atoms with van der Waals surface area (Å²) in [5.74, 6) is -0.661. The van der Waals surface area contributed by atoms with Crippen molar-refractivity contribution in [2.45, 2.75) is 71.5 Å². The van der Waals surface area contributed by atoms with Gasteiger partial charge in [-0.2, -0.15) is 0 Å². The number of fused-ring (bicyclic) bond motifs is 3. The zero-order valence-corrected chi connectivity index (χ0v) is 17.8. The van der Waals surface area contributed by atoms with E-state index in [1.807, 2.05) is 6.92 Å². The number of benzene rings is 1. The molecule has 0 spiro atoms. The highest BCUT2D eigenvalue weighted by Crippen LogP contribution is 2.43. The van der Waals surface area contributed by atoms with Crippen LogP contribution >= 0.6 is 0 Å². The molecule has 3 rings (SSSR count). The van der Waals surface area contributed by atoms with Crippen molar-refractivity contribution in [2.24, 2.45) is 0 Å². The number of aromatic nitrogens is 1. The molecule has 1 N–H and O–H groups in total. The van der Waals surface area contributed by atoms with Crippen molar-refractivity contribution in [1.29, 1.82) is 0 Å². The lowest BCUT2D eigenvalue weighted by atomic mass is 9.84. The second-order valence-electron chi connectivity index (χ2n) is 7.38. The lowest BCUT2D eigenvalue weighted by Gasteiger charge is -2.41. The maximum Gasteiger partial charge on any atom is 0.306 e. The maximum absolute atomic E-state index is 12.2. The fourth-order valence-electron chi connectivity index (χ4n) is 4.19. The summed E-state index contributed by atoms with van der Waals surface area (Å²) in [5, 5.41) is 1.19. The van der Waals surface area contributed by atoms with Crippen LogP contribution in [-0.4, -0.2) is 36.2 Å². The van der Waals surface area contributed by atoms with Crippen LogP contribution in [0.5, 0.6) is 0 Å². The van der Waals surface area contributed by atoms with E-state index in [0.717, 1.165) is 24.1 Å². The molecule has 0 radical (unpaired) electrons. The predicted octanol–water partition coefficient (Wildman–Crippen LogP) is 4.18. The van der Waals surface area contributed by atoms with Crippen molar-refractivity contribution in [1.82, 2.24) is 4.98 Å². The van der Waals surface area contributed by atoms with Gasteiger partial charge in [0.05, 0.1) is 12.3 Å². The molecule has 6 nitrogen and oxygen atoms in total. The topological polar surface area (TPSA) is 77.6 Å². The molecule has 0 saturated carbocycles. The number of hydrogen-bond donors (Lipinski definition) is 1. The Bertz CT molecular complexity index is 887. The van der Waals surface area contributed by atoms with Crippen molar-refractivity contribution in [3.05, 3.63) is 35.0 Å². The molecule has 0 unspecified atom stereocenters. The molecule has 1 aromatic carbocycles. The van der Waals surface area contributed by atoms with E-state index in [0.29, 0.717) is 13.0 Å². The van der Waals surface area contributed by atoms with Gasteiger partial charge >= 0.3 is 11.9 Å². The molecular weight excluding hydrogens is 370 g/mol. The molecule has 2 aromatic rings. The number of nitrogens with one attached hydrogen (secondary N) is 1. The van der Waals surface area contributed by atoms with E-state index < -0.39 is 11.7 Å². The van der Waals surface area contributed by atoms with E-state index in [1.165, 1.54) is 16.5 Å². The Hall–Kier alpha value is -2.34. The molecule has 1 aromatic heterocycles. The average Bonchev–Trinajstić information content (AvgIpc) is 3.15. The minimum absolute atomic E-state index is 0.0261. The summed E-state index contributed by atoms with van der Waals surface area (Å²) in [6.07, 6.45) is 2.09. The van der Waals surface area contributed by atoms with Crippen LogP contribution in [0.1, 0.15) is 63.8 Å². The number of para-hydroxylation sites is 1. The van der Waals surface area contributed by atoms with Gasteiger partial charge in [-0.25, -0.2) is 0 Å². The van der Waals surface area contributed by atoms with Gasteiger partial charge in [0.25, 0.3) is 0 Å². The van der Waals surface area contributed by atoms with Gasteiger partial charge in [0.2, 0.25) is 0 Å². The standard InChI is InChI=1S/C23H31NO5/c1-5-15-10-9-11-16-17-12-13-28-23(8-4,22(17)24-21(15)16)18(29-20(26)7-3)14-27-19(25)6-2/h9-11,18,24H,5-8,12-14H2,1-4H3/t18-,23+/m1/s1. The van der Waals surface area contributed by atoms with E-state index in [9.17, 15) is 9.59 Å². The normalized spacial score (nSPS) is 19.6. The summed E-state index contributed by atoms with van der Waals surface area (Å²) in [7, 11) is 0. The summed E-state index contributed by atoms with van der Waals surface area (Å²) in [6, 6.07) is 6.33. The van der Waals surface area contributed by atoms with Crippen molar-refractivity contribution in [3.8, 4) is 0 Å². The number of carbonyl (C=O) groups excluding carboxylic acids is 2. The minimum atomic E-state index is -0.879. The van der Waals surface area contributed by atoms with Crippen LogP contribution in [0, 0.1) is 0 Å². The number of H-pyrrole nitrogens is 1. The highest BCUT2D eigenvalue weighted by molar-refractivity contribution is 5.88. The van der Waals surface area contributed by atoms with E-state index in [4.69, 9.17) is 14.2 Å². The second kappa shape index (κ2) is 8.99. The first-order chi connectivity index (χ1) is 14.0. The van der Waals surface area contributed by atoms with Gasteiger partial charge in [0.1, 0.15) is 12.2 Å². The summed E-state index contributed by atoms with van der Waals surface area (Å²) < 4.78 is 17.5. The molecule has 6 heteroatoms. The molecule has 0 fully saturated rings. The molecule has 1 aliphatic rings. The highest BCUT2D eigenvalue weighted by atomic mass is 16.6. The highest BCUT2D eigenvalue weighted by Gasteiger charge is 2.48. The molecule has 158 valence electrons. The van der Waals surface area contributed by atoms with Gasteiger partial charge in [-0.3, -0.25) is 9.59 Å². The van der Waals surface area contributed by atoms with Gasteiger partial charge < -0.3 is 19.2 Å². The third kappa shape index (κ3) is 3.90. The number of hydrogen-bond acceptors (Lipinski definition) is 5. The molecule has 2 atom stereocenters. The van der Waals surface area contributed by atoms with Crippen LogP contribution in [-0.2, 0) is 42.2 Å². The summed E-state index contributed by atoms with van der Waals surface area (Å²) in [5.41, 5.74) is 3.60. The third-order valence-electron chi connectivity index (χ3n) is 5.84. The van der Waals surface area contributed by atoms with E-state index in [2.05, 4.69) is 30.1 Å². The molecular formula is C23H31NO5. The Morgan fingerprint density at radius 2 is 1.93 bits per heavy atom. The number of ether oxygens (including phenoxy) is 3. The molecule has 29 heavy (non-hydrogen) atoms. The monoisotopic (exact) mass is 401 g/mol. The second-order valence-corrected chi connectivity index (χ2v) is 7.38. The molecule has 0 bridgehead atoms. The van der Waals surface area contributed by atoms with Crippen molar-refractivity contribution in [2.75, 3.05) is 13.2 Å². The van der Waals surface area contributed by atoms with Crippen molar-refractivity contribution >= 4 is 22.8 Å². The molecule has 0 saturated heterocycles. The number of aryl methyl sites for hydroxylation is 1. The first-order valence-electron chi connectivity index (χ1n) is 10.6. The summed E-state index contributed by atoms with van der Waals surface area (Å²) in [4.78, 5) is 27.6. The first kappa shape index (κ1) is 21.4. The first-order valence-corrected chi connectivity index (χ1v) is 10.6. The van der Waals surface area contributed by atoms with E-state index >= 15 is 0 Å². The number of aromatic amines is 1. The summed E-state index contributed by atoms with van der Waals surface area (Å²) in [6.45, 7) is 8.13. The van der Waals surface area contributed by atoms with Crippen LogP contribution in [0.3, 0.4) is 0 Å². The average molecular weight is 402 g/mol. The van der Waals surface area contributed by atoms with Gasteiger partial charge in [0, 0.05) is 23.7 Å². The van der Waals surface area contributed by atoms with Gasteiger partial charge in [-0.15, -0.1) is 0 Å². The van der Waals surface area contributed by atoms with E-state index in [1.54, 1.807) is 13.8 Å². The lowest BCUT2D eigenvalue weighted by molar-refractivity contribution is -0.195. The maximum atomic E-state index is 12.2. The summed E-state index contributed by atoms with van der Waals surface area (Å²) >= 11 is 0. The Morgan fingerprint density at radius 3 is 2.59 bits per heavy atom. The van der Waals surface area contributed by atoms with Crippen LogP contribution in [0.4, 0.5) is 0 Å². The molecule has 1 aliphatic heterocycles. The van der Waals surface area contributed by atoms with Gasteiger partial charge in [0.15, 0.2) is 6.10 Å². The van der Waals surface area contributed by atoms with Crippen molar-refractivity contribution in [3.63, 3.8) is 0 Å². The molecule has 0 aliphatic carbocycles. The Balaban J connectivity index is 2.10. The van der Waals surface area contributed by atoms with Crippen LogP contribution in [0.2, 0.25) is 0 Å². The fraction of sp³-hybridized carbons (Fsp3) is 0.565. The Morgan fingerprint density at radius 1 is 1.17 bits per heavy atom. The number of esters is 2. The molecule has 2 heterocycles. The number of carbonyl (C=O) groups is 2. The fourth-order valence-corrected chi connectivity index (χ4v) is 4.19. The lowest BCUT2D eigenvalue weighted by Crippen LogP contribution is -2.50. The van der Waals surface area contributed by atoms with Crippen LogP contribution < -0.4 is 0 Å². The third-order valence-corrected chi connectivity index (χ3v) is 5.84. The predicted molar refractivity (Wildman–Crippen MR) is 111 cm³/mol. The Labute approximate surface area is 171 Å². The largest absolute Gasteiger partial charge is 0.462 e. The smallest absolute Gasteiger partial charge is 0.306 e. The van der Waals surface area contributed by atoms with Crippen LogP contribution in [0.25, 0.3) is 10.9 Å². The quantitative estimate of drug-likeness (QED) is 0.671. The van der Waals surface area contributed by atoms with Crippen molar-refractivity contribution < 1.29 is 23.8 Å². The molecule has 0 amide bonds. The number of rotatable bonds is 8. The van der Waals surface area contributed by atoms with E-state index in [-0.39, 0.29) is 31.4 Å². The Kier molecular flexibility index (Phi) is 6.63. The van der Waals surface area contributed by atoms with Gasteiger partial charge in [-0.05, 0) is 30.4 Å².